The van der Waals surface area contributed by atoms with E-state index < -0.39 is 0 Å². The summed E-state index contributed by atoms with van der Waals surface area (Å²) in [5, 5.41) is 1.08. The molecule has 0 spiro atoms. The van der Waals surface area contributed by atoms with Gasteiger partial charge in [0.2, 0.25) is 0 Å². The van der Waals surface area contributed by atoms with Crippen LogP contribution in [0.5, 0.6) is 0 Å². The van der Waals surface area contributed by atoms with Gasteiger partial charge in [-0.1, -0.05) is 24.3 Å². The lowest BCUT2D eigenvalue weighted by atomic mass is 10.2. The van der Waals surface area contributed by atoms with E-state index in [4.69, 9.17) is 0 Å². The molecule has 1 aromatic carbocycles. The normalized spacial score (nSPS) is 14.5. The fraction of sp³-hybridized carbons (Fsp3) is 0.188. The van der Waals surface area contributed by atoms with Gasteiger partial charge in [0, 0.05) is 11.3 Å². The first-order chi connectivity index (χ1) is 10.2. The third kappa shape index (κ3) is 2.35. The molecule has 0 bridgehead atoms. The van der Waals surface area contributed by atoms with E-state index >= 15 is 0 Å². The van der Waals surface area contributed by atoms with Gasteiger partial charge in [-0.2, -0.15) is 0 Å². The van der Waals surface area contributed by atoms with E-state index in [1.165, 1.54) is 0 Å². The van der Waals surface area contributed by atoms with E-state index in [0.29, 0.717) is 21.0 Å². The van der Waals surface area contributed by atoms with Crippen molar-refractivity contribution >= 4 is 33.5 Å². The number of pyridine rings is 1. The van der Waals surface area contributed by atoms with Crippen LogP contribution in [0, 0.1) is 3.57 Å². The van der Waals surface area contributed by atoms with Gasteiger partial charge in [-0.05, 0) is 47.6 Å². The molecule has 0 saturated heterocycles. The summed E-state index contributed by atoms with van der Waals surface area (Å²) in [4.78, 5) is 24.2. The van der Waals surface area contributed by atoms with Gasteiger partial charge in [-0.25, -0.2) is 9.97 Å². The second kappa shape index (κ2) is 4.91. The minimum Gasteiger partial charge on any atom is -0.304 e. The molecule has 0 radical (unpaired) electrons. The van der Waals surface area contributed by atoms with E-state index in [1.54, 1.807) is 0 Å². The lowest BCUT2D eigenvalue weighted by molar-refractivity contribution is 0.953. The van der Waals surface area contributed by atoms with Crippen LogP contribution >= 0.6 is 22.6 Å². The summed E-state index contributed by atoms with van der Waals surface area (Å²) in [6, 6.07) is 11.8. The van der Waals surface area contributed by atoms with Crippen LogP contribution in [0.25, 0.3) is 22.4 Å². The van der Waals surface area contributed by atoms with Crippen LogP contribution in [0.2, 0.25) is 0 Å². The second-order valence-corrected chi connectivity index (χ2v) is 6.36. The van der Waals surface area contributed by atoms with Crippen molar-refractivity contribution in [2.45, 2.75) is 18.8 Å². The van der Waals surface area contributed by atoms with Gasteiger partial charge in [0.05, 0.1) is 11.2 Å². The van der Waals surface area contributed by atoms with Crippen molar-refractivity contribution in [3.8, 4) is 11.5 Å². The summed E-state index contributed by atoms with van der Waals surface area (Å²) < 4.78 is 0.708. The molecule has 4 rings (SSSR count). The highest BCUT2D eigenvalue weighted by Crippen LogP contribution is 2.40. The van der Waals surface area contributed by atoms with E-state index in [2.05, 4.69) is 37.5 Å². The van der Waals surface area contributed by atoms with Crippen molar-refractivity contribution in [1.82, 2.24) is 15.0 Å². The van der Waals surface area contributed by atoms with Gasteiger partial charge in [-0.15, -0.1) is 0 Å². The first-order valence-corrected chi connectivity index (χ1v) is 7.96. The summed E-state index contributed by atoms with van der Waals surface area (Å²) in [5.74, 6) is 1.01. The minimum atomic E-state index is -0.0718. The van der Waals surface area contributed by atoms with E-state index in [-0.39, 0.29) is 5.56 Å². The number of rotatable bonds is 2. The average molecular weight is 389 g/mol. The van der Waals surface area contributed by atoms with Gasteiger partial charge >= 0.3 is 0 Å². The molecule has 21 heavy (non-hydrogen) atoms. The third-order valence-corrected chi connectivity index (χ3v) is 4.74. The number of aromatic nitrogens is 3. The Morgan fingerprint density at radius 2 is 1.90 bits per heavy atom. The van der Waals surface area contributed by atoms with Gasteiger partial charge in [-0.3, -0.25) is 4.79 Å². The molecule has 4 nitrogen and oxygen atoms in total. The first-order valence-electron chi connectivity index (χ1n) is 6.88. The number of hydrogen-bond acceptors (Lipinski definition) is 3. The van der Waals surface area contributed by atoms with Crippen LogP contribution < -0.4 is 5.56 Å². The maximum atomic E-state index is 12.1. The van der Waals surface area contributed by atoms with Gasteiger partial charge in [0.25, 0.3) is 5.56 Å². The fourth-order valence-corrected chi connectivity index (χ4v) is 3.12. The molecule has 0 aliphatic heterocycles. The highest BCUT2D eigenvalue weighted by atomic mass is 127. The van der Waals surface area contributed by atoms with Crippen molar-refractivity contribution in [2.75, 3.05) is 0 Å². The largest absolute Gasteiger partial charge is 0.304 e. The molecule has 3 aromatic rings. The summed E-state index contributed by atoms with van der Waals surface area (Å²) in [6.45, 7) is 0. The van der Waals surface area contributed by atoms with Crippen molar-refractivity contribution < 1.29 is 0 Å². The standard InChI is InChI=1S/C16H12IN3O/c17-13-14(10-5-6-10)19-15(20-16(13)21)12-8-7-9-3-1-2-4-11(9)18-12/h1-4,7-8,10H,5-6H2,(H,19,20,21). The number of fused-ring (bicyclic) bond motifs is 1. The highest BCUT2D eigenvalue weighted by molar-refractivity contribution is 14.1. The highest BCUT2D eigenvalue weighted by Gasteiger charge is 2.29. The number of para-hydroxylation sites is 1. The van der Waals surface area contributed by atoms with Crippen LogP contribution in [0.3, 0.4) is 0 Å². The topological polar surface area (TPSA) is 58.6 Å². The van der Waals surface area contributed by atoms with Crippen molar-refractivity contribution in [3.05, 3.63) is 56.0 Å². The Kier molecular flexibility index (Phi) is 3.02. The smallest absolute Gasteiger partial charge is 0.264 e. The number of halogens is 1. The Hall–Kier alpha value is -1.76. The fourth-order valence-electron chi connectivity index (χ4n) is 2.42. The molecule has 1 fully saturated rings. The molecule has 0 atom stereocenters. The number of H-pyrrole nitrogens is 1. The zero-order valence-corrected chi connectivity index (χ0v) is 13.3. The quantitative estimate of drug-likeness (QED) is 0.683. The average Bonchev–Trinajstić information content (AvgIpc) is 3.34. The Labute approximate surface area is 134 Å². The lowest BCUT2D eigenvalue weighted by Gasteiger charge is -2.06. The molecule has 1 aliphatic carbocycles. The number of nitrogens with one attached hydrogen (secondary N) is 1. The predicted octanol–water partition coefficient (Wildman–Crippen LogP) is 3.47. The van der Waals surface area contributed by atoms with Crippen LogP contribution in [0.1, 0.15) is 24.5 Å². The van der Waals surface area contributed by atoms with E-state index in [0.717, 1.165) is 29.4 Å². The summed E-state index contributed by atoms with van der Waals surface area (Å²) >= 11 is 2.08. The maximum absolute atomic E-state index is 12.1. The van der Waals surface area contributed by atoms with Gasteiger partial charge in [0.15, 0.2) is 5.82 Å². The molecule has 1 saturated carbocycles. The van der Waals surface area contributed by atoms with Gasteiger partial charge < -0.3 is 4.98 Å². The molecule has 2 heterocycles. The number of hydrogen-bond donors (Lipinski definition) is 1. The Morgan fingerprint density at radius 1 is 1.10 bits per heavy atom. The Morgan fingerprint density at radius 3 is 2.71 bits per heavy atom. The van der Waals surface area contributed by atoms with Crippen LogP contribution in [-0.2, 0) is 0 Å². The molecule has 1 aliphatic rings. The van der Waals surface area contributed by atoms with E-state index in [1.807, 2.05) is 36.4 Å². The Bertz CT molecular complexity index is 899. The van der Waals surface area contributed by atoms with Gasteiger partial charge in [0.1, 0.15) is 9.26 Å². The van der Waals surface area contributed by atoms with Crippen molar-refractivity contribution in [2.24, 2.45) is 0 Å². The van der Waals surface area contributed by atoms with E-state index in [9.17, 15) is 4.79 Å². The first kappa shape index (κ1) is 12.9. The summed E-state index contributed by atoms with van der Waals surface area (Å²) in [5.41, 5.74) is 2.47. The molecule has 1 N–H and O–H groups in total. The molecule has 2 aromatic heterocycles. The van der Waals surface area contributed by atoms with Crippen LogP contribution in [-0.4, -0.2) is 15.0 Å². The number of nitrogens with zero attached hydrogens (tertiary/aromatic N) is 2. The Balaban J connectivity index is 1.89. The molecule has 104 valence electrons. The minimum absolute atomic E-state index is 0.0718. The maximum Gasteiger partial charge on any atom is 0.264 e. The van der Waals surface area contributed by atoms with Crippen LogP contribution in [0.4, 0.5) is 0 Å². The zero-order chi connectivity index (χ0) is 14.4. The van der Waals surface area contributed by atoms with Crippen LogP contribution in [0.15, 0.2) is 41.2 Å². The summed E-state index contributed by atoms with van der Waals surface area (Å²) in [6.07, 6.45) is 2.24. The number of aromatic amines is 1. The van der Waals surface area contributed by atoms with Crippen molar-refractivity contribution in [3.63, 3.8) is 0 Å². The molecular formula is C16H12IN3O. The SMILES string of the molecule is O=c1[nH]c(-c2ccc3ccccc3n2)nc(C2CC2)c1I. The predicted molar refractivity (Wildman–Crippen MR) is 90.3 cm³/mol. The monoisotopic (exact) mass is 389 g/mol. The molecule has 0 unspecified atom stereocenters. The molecule has 0 amide bonds. The zero-order valence-electron chi connectivity index (χ0n) is 11.1. The lowest BCUT2D eigenvalue weighted by Crippen LogP contribution is -2.16. The molecule has 5 heteroatoms. The molecular weight excluding hydrogens is 377 g/mol. The third-order valence-electron chi connectivity index (χ3n) is 3.69. The van der Waals surface area contributed by atoms with Crippen molar-refractivity contribution in [1.29, 1.82) is 0 Å². The second-order valence-electron chi connectivity index (χ2n) is 5.28. The number of benzene rings is 1. The summed E-state index contributed by atoms with van der Waals surface area (Å²) in [7, 11) is 0.